The topological polar surface area (TPSA) is 91.8 Å². The molecule has 1 atom stereocenters. The van der Waals surface area contributed by atoms with Crippen molar-refractivity contribution in [2.45, 2.75) is 38.1 Å². The minimum atomic E-state index is -3.08. The van der Waals surface area contributed by atoms with Gasteiger partial charge < -0.3 is 10.0 Å². The van der Waals surface area contributed by atoms with E-state index in [0.29, 0.717) is 13.0 Å². The fraction of sp³-hybridized carbons (Fsp3) is 0.833. The van der Waals surface area contributed by atoms with Crippen LogP contribution in [0.2, 0.25) is 0 Å². The van der Waals surface area contributed by atoms with E-state index in [4.69, 9.17) is 5.11 Å². The second kappa shape index (κ2) is 5.48. The lowest BCUT2D eigenvalue weighted by atomic mass is 10.1. The summed E-state index contributed by atoms with van der Waals surface area (Å²) in [5.74, 6) is -0.785. The highest BCUT2D eigenvalue weighted by Crippen LogP contribution is 2.37. The van der Waals surface area contributed by atoms with Gasteiger partial charge in [-0.15, -0.1) is 0 Å². The summed E-state index contributed by atoms with van der Waals surface area (Å²) in [4.78, 5) is 24.2. The molecular weight excluding hydrogens is 270 g/mol. The number of hydrogen-bond donors (Lipinski definition) is 1. The zero-order valence-corrected chi connectivity index (χ0v) is 11.6. The Morgan fingerprint density at radius 1 is 1.21 bits per heavy atom. The standard InChI is InChI=1S/C12H19NO5S/c14-11(4-5-12(15)16)13-6-1-7-19(17,18)8-10(13)9-2-3-9/h9-10H,1-8H2,(H,15,16). The van der Waals surface area contributed by atoms with E-state index in [1.807, 2.05) is 0 Å². The first-order valence-electron chi connectivity index (χ1n) is 6.61. The molecule has 6 nitrogen and oxygen atoms in total. The summed E-state index contributed by atoms with van der Waals surface area (Å²) in [6.45, 7) is 0.429. The molecular formula is C12H19NO5S. The Morgan fingerprint density at radius 3 is 2.47 bits per heavy atom. The van der Waals surface area contributed by atoms with Crippen molar-refractivity contribution in [3.05, 3.63) is 0 Å². The van der Waals surface area contributed by atoms with E-state index in [9.17, 15) is 18.0 Å². The zero-order chi connectivity index (χ0) is 14.0. The summed E-state index contributed by atoms with van der Waals surface area (Å²) in [6, 6.07) is -0.242. The summed E-state index contributed by atoms with van der Waals surface area (Å²) in [6.07, 6.45) is 2.13. The van der Waals surface area contributed by atoms with Crippen molar-refractivity contribution >= 4 is 21.7 Å². The summed E-state index contributed by atoms with van der Waals surface area (Å²) in [5.41, 5.74) is 0. The lowest BCUT2D eigenvalue weighted by Gasteiger charge is -2.29. The quantitative estimate of drug-likeness (QED) is 0.802. The molecule has 0 aromatic heterocycles. The second-order valence-corrected chi connectivity index (χ2v) is 7.58. The van der Waals surface area contributed by atoms with Gasteiger partial charge in [-0.2, -0.15) is 0 Å². The molecule has 0 radical (unpaired) electrons. The summed E-state index contributed by atoms with van der Waals surface area (Å²) >= 11 is 0. The van der Waals surface area contributed by atoms with Crippen LogP contribution in [0.15, 0.2) is 0 Å². The van der Waals surface area contributed by atoms with Gasteiger partial charge in [-0.3, -0.25) is 9.59 Å². The summed E-state index contributed by atoms with van der Waals surface area (Å²) in [7, 11) is -3.08. The Kier molecular flexibility index (Phi) is 4.13. The predicted molar refractivity (Wildman–Crippen MR) is 68.4 cm³/mol. The Balaban J connectivity index is 2.07. The van der Waals surface area contributed by atoms with Gasteiger partial charge in [-0.05, 0) is 25.2 Å². The molecule has 2 rings (SSSR count). The van der Waals surface area contributed by atoms with E-state index in [1.165, 1.54) is 0 Å². The van der Waals surface area contributed by atoms with E-state index in [2.05, 4.69) is 0 Å². The average molecular weight is 289 g/mol. The number of carboxylic acid groups (broad SMARTS) is 1. The number of amides is 1. The van der Waals surface area contributed by atoms with Crippen LogP contribution in [0.3, 0.4) is 0 Å². The Morgan fingerprint density at radius 2 is 1.89 bits per heavy atom. The smallest absolute Gasteiger partial charge is 0.303 e. The van der Waals surface area contributed by atoms with E-state index in [1.54, 1.807) is 4.90 Å². The number of carbonyl (C=O) groups is 2. The molecule has 2 fully saturated rings. The van der Waals surface area contributed by atoms with Gasteiger partial charge in [0.05, 0.1) is 17.9 Å². The molecule has 108 valence electrons. The third-order valence-electron chi connectivity index (χ3n) is 3.72. The Labute approximate surface area is 112 Å². The van der Waals surface area contributed by atoms with Crippen molar-refractivity contribution in [2.24, 2.45) is 5.92 Å². The van der Waals surface area contributed by atoms with Crippen molar-refractivity contribution in [3.63, 3.8) is 0 Å². The van der Waals surface area contributed by atoms with Crippen LogP contribution in [0.4, 0.5) is 0 Å². The maximum Gasteiger partial charge on any atom is 0.303 e. The fourth-order valence-electron chi connectivity index (χ4n) is 2.59. The molecule has 1 N–H and O–H groups in total. The van der Waals surface area contributed by atoms with Gasteiger partial charge in [0.15, 0.2) is 9.84 Å². The first kappa shape index (κ1) is 14.3. The van der Waals surface area contributed by atoms with Crippen LogP contribution < -0.4 is 0 Å². The molecule has 0 aromatic carbocycles. The van der Waals surface area contributed by atoms with E-state index < -0.39 is 15.8 Å². The third-order valence-corrected chi connectivity index (χ3v) is 5.48. The lowest BCUT2D eigenvalue weighted by Crippen LogP contribution is -2.44. The van der Waals surface area contributed by atoms with E-state index in [-0.39, 0.29) is 42.2 Å². The van der Waals surface area contributed by atoms with Gasteiger partial charge in [0, 0.05) is 19.0 Å². The lowest BCUT2D eigenvalue weighted by molar-refractivity contribution is -0.141. The SMILES string of the molecule is O=C(O)CCC(=O)N1CCCS(=O)(=O)CC1C1CC1. The van der Waals surface area contributed by atoms with Gasteiger partial charge in [0.1, 0.15) is 0 Å². The van der Waals surface area contributed by atoms with Crippen molar-refractivity contribution in [2.75, 3.05) is 18.1 Å². The van der Waals surface area contributed by atoms with Crippen LogP contribution >= 0.6 is 0 Å². The number of hydrogen-bond acceptors (Lipinski definition) is 4. The predicted octanol–water partition coefficient (Wildman–Crippen LogP) is 0.277. The van der Waals surface area contributed by atoms with Crippen molar-refractivity contribution < 1.29 is 23.1 Å². The summed E-state index contributed by atoms with van der Waals surface area (Å²) in [5, 5.41) is 8.62. The number of sulfone groups is 1. The van der Waals surface area contributed by atoms with Gasteiger partial charge >= 0.3 is 5.97 Å². The van der Waals surface area contributed by atoms with Crippen LogP contribution in [-0.2, 0) is 19.4 Å². The molecule has 2 aliphatic rings. The number of carboxylic acids is 1. The number of nitrogens with zero attached hydrogens (tertiary/aromatic N) is 1. The van der Waals surface area contributed by atoms with Crippen molar-refractivity contribution in [1.82, 2.24) is 4.90 Å². The van der Waals surface area contributed by atoms with Gasteiger partial charge in [-0.25, -0.2) is 8.42 Å². The monoisotopic (exact) mass is 289 g/mol. The first-order valence-corrected chi connectivity index (χ1v) is 8.43. The Bertz CT molecular complexity index is 469. The molecule has 1 aliphatic heterocycles. The number of rotatable bonds is 4. The first-order chi connectivity index (χ1) is 8.89. The largest absolute Gasteiger partial charge is 0.481 e. The molecule has 0 bridgehead atoms. The van der Waals surface area contributed by atoms with Gasteiger partial charge in [0.2, 0.25) is 5.91 Å². The highest BCUT2D eigenvalue weighted by atomic mass is 32.2. The van der Waals surface area contributed by atoms with Crippen LogP contribution in [0.25, 0.3) is 0 Å². The van der Waals surface area contributed by atoms with Crippen molar-refractivity contribution in [3.8, 4) is 0 Å². The molecule has 19 heavy (non-hydrogen) atoms. The molecule has 1 amide bonds. The van der Waals surface area contributed by atoms with E-state index >= 15 is 0 Å². The number of carbonyl (C=O) groups excluding carboxylic acids is 1. The highest BCUT2D eigenvalue weighted by Gasteiger charge is 2.41. The maximum atomic E-state index is 12.1. The minimum absolute atomic E-state index is 0.0382. The number of aliphatic carboxylic acids is 1. The van der Waals surface area contributed by atoms with Crippen LogP contribution in [0.1, 0.15) is 32.1 Å². The normalized spacial score (nSPS) is 26.7. The zero-order valence-electron chi connectivity index (χ0n) is 10.7. The molecule has 1 aliphatic carbocycles. The fourth-order valence-corrected chi connectivity index (χ4v) is 4.30. The maximum absolute atomic E-state index is 12.1. The van der Waals surface area contributed by atoms with Crippen LogP contribution in [-0.4, -0.2) is 54.4 Å². The highest BCUT2D eigenvalue weighted by molar-refractivity contribution is 7.91. The van der Waals surface area contributed by atoms with Gasteiger partial charge in [0.25, 0.3) is 0 Å². The average Bonchev–Trinajstić information content (AvgIpc) is 3.12. The third kappa shape index (κ3) is 3.92. The molecule has 1 saturated heterocycles. The van der Waals surface area contributed by atoms with Gasteiger partial charge in [-0.1, -0.05) is 0 Å². The molecule has 1 heterocycles. The van der Waals surface area contributed by atoms with E-state index in [0.717, 1.165) is 12.8 Å². The Hall–Kier alpha value is -1.11. The van der Waals surface area contributed by atoms with Crippen LogP contribution in [0, 0.1) is 5.92 Å². The second-order valence-electron chi connectivity index (χ2n) is 5.35. The molecule has 0 spiro atoms. The van der Waals surface area contributed by atoms with Crippen molar-refractivity contribution in [1.29, 1.82) is 0 Å². The van der Waals surface area contributed by atoms with Crippen LogP contribution in [0.5, 0.6) is 0 Å². The molecule has 7 heteroatoms. The molecule has 1 saturated carbocycles. The molecule has 1 unspecified atom stereocenters. The summed E-state index contributed by atoms with van der Waals surface area (Å²) < 4.78 is 23.6. The minimum Gasteiger partial charge on any atom is -0.481 e. The molecule has 0 aromatic rings.